The smallest absolute Gasteiger partial charge is 0.173 e. The summed E-state index contributed by atoms with van der Waals surface area (Å²) in [6.07, 6.45) is 1.99. The third kappa shape index (κ3) is 1.30. The van der Waals surface area contributed by atoms with Crippen LogP contribution in [0, 0.1) is 11.3 Å². The maximum absolute atomic E-state index is 9.37. The molecule has 1 heterocycles. The van der Waals surface area contributed by atoms with Crippen molar-refractivity contribution >= 4 is 0 Å². The van der Waals surface area contributed by atoms with Crippen molar-refractivity contribution in [1.29, 1.82) is 0 Å². The van der Waals surface area contributed by atoms with Crippen LogP contribution in [0.5, 0.6) is 0 Å². The summed E-state index contributed by atoms with van der Waals surface area (Å²) in [5.74, 6) is -0.333. The molecule has 2 rings (SSSR count). The first-order valence-electron chi connectivity index (χ1n) is 4.99. The van der Waals surface area contributed by atoms with Crippen molar-refractivity contribution in [2.45, 2.75) is 32.5 Å². The van der Waals surface area contributed by atoms with E-state index >= 15 is 0 Å². The average Bonchev–Trinajstić information content (AvgIpc) is 2.60. The summed E-state index contributed by atoms with van der Waals surface area (Å²) in [5, 5.41) is 9.37. The molecule has 1 unspecified atom stereocenters. The summed E-state index contributed by atoms with van der Waals surface area (Å²) in [5.41, 5.74) is 0.138. The maximum atomic E-state index is 9.37. The molecule has 0 aromatic carbocycles. The van der Waals surface area contributed by atoms with Crippen LogP contribution in [0.1, 0.15) is 26.7 Å². The van der Waals surface area contributed by atoms with Crippen LogP contribution in [0.2, 0.25) is 0 Å². The topological polar surface area (TPSA) is 38.7 Å². The molecule has 0 aromatic rings. The molecule has 2 aliphatic rings. The largest absolute Gasteiger partial charge is 0.396 e. The predicted octanol–water partition coefficient (Wildman–Crippen LogP) is 1.16. The van der Waals surface area contributed by atoms with Crippen molar-refractivity contribution in [2.75, 3.05) is 19.8 Å². The Morgan fingerprint density at radius 1 is 1.23 bits per heavy atom. The predicted molar refractivity (Wildman–Crippen MR) is 48.2 cm³/mol. The minimum Gasteiger partial charge on any atom is -0.396 e. The van der Waals surface area contributed by atoms with Crippen LogP contribution in [-0.4, -0.2) is 30.7 Å². The highest BCUT2D eigenvalue weighted by Crippen LogP contribution is 2.52. The van der Waals surface area contributed by atoms with Crippen LogP contribution in [0.15, 0.2) is 0 Å². The quantitative estimate of drug-likeness (QED) is 0.668. The standard InChI is InChI=1S/C10H18O3/c1-9(2)3-4-10(8(9)7-11)12-5-6-13-10/h8,11H,3-7H2,1-2H3. The zero-order chi connectivity index (χ0) is 9.53. The van der Waals surface area contributed by atoms with Gasteiger partial charge < -0.3 is 14.6 Å². The zero-order valence-electron chi connectivity index (χ0n) is 8.38. The van der Waals surface area contributed by atoms with Crippen LogP contribution >= 0.6 is 0 Å². The van der Waals surface area contributed by atoms with Crippen LogP contribution in [0.4, 0.5) is 0 Å². The van der Waals surface area contributed by atoms with Crippen molar-refractivity contribution < 1.29 is 14.6 Å². The zero-order valence-corrected chi connectivity index (χ0v) is 8.38. The van der Waals surface area contributed by atoms with Crippen LogP contribution in [0.3, 0.4) is 0 Å². The number of aliphatic hydroxyl groups is 1. The molecular formula is C10H18O3. The van der Waals surface area contributed by atoms with Crippen molar-refractivity contribution in [2.24, 2.45) is 11.3 Å². The van der Waals surface area contributed by atoms with Crippen molar-refractivity contribution in [3.8, 4) is 0 Å². The third-order valence-corrected chi connectivity index (χ3v) is 3.55. The molecule has 0 radical (unpaired) electrons. The van der Waals surface area contributed by atoms with Gasteiger partial charge in [-0.15, -0.1) is 0 Å². The molecule has 0 aromatic heterocycles. The van der Waals surface area contributed by atoms with Crippen LogP contribution in [0.25, 0.3) is 0 Å². The lowest BCUT2D eigenvalue weighted by Crippen LogP contribution is -2.41. The van der Waals surface area contributed by atoms with Crippen molar-refractivity contribution in [1.82, 2.24) is 0 Å². The Bertz CT molecular complexity index is 194. The molecule has 0 amide bonds. The van der Waals surface area contributed by atoms with Gasteiger partial charge in [-0.25, -0.2) is 0 Å². The first-order valence-corrected chi connectivity index (χ1v) is 4.99. The molecule has 1 atom stereocenters. The summed E-state index contributed by atoms with van der Waals surface area (Å²) in [6, 6.07) is 0. The minimum absolute atomic E-state index is 0.127. The highest BCUT2D eigenvalue weighted by atomic mass is 16.7. The lowest BCUT2D eigenvalue weighted by molar-refractivity contribution is -0.199. The summed E-state index contributed by atoms with van der Waals surface area (Å²) in [7, 11) is 0. The van der Waals surface area contributed by atoms with Gasteiger partial charge in [0, 0.05) is 12.3 Å². The second kappa shape index (κ2) is 2.94. The first-order chi connectivity index (χ1) is 6.11. The fourth-order valence-electron chi connectivity index (χ4n) is 2.64. The highest BCUT2D eigenvalue weighted by molar-refractivity contribution is 4.98. The van der Waals surface area contributed by atoms with E-state index < -0.39 is 5.79 Å². The second-order valence-corrected chi connectivity index (χ2v) is 4.73. The van der Waals surface area contributed by atoms with Gasteiger partial charge in [-0.2, -0.15) is 0 Å². The molecule has 13 heavy (non-hydrogen) atoms. The van der Waals surface area contributed by atoms with Gasteiger partial charge in [0.25, 0.3) is 0 Å². The van der Waals surface area contributed by atoms with Gasteiger partial charge in [0.2, 0.25) is 0 Å². The Labute approximate surface area is 79.0 Å². The summed E-state index contributed by atoms with van der Waals surface area (Å²) >= 11 is 0. The Kier molecular flexibility index (Phi) is 2.13. The molecule has 1 spiro atoms. The highest BCUT2D eigenvalue weighted by Gasteiger charge is 2.55. The molecule has 1 saturated carbocycles. The van der Waals surface area contributed by atoms with Crippen LogP contribution in [-0.2, 0) is 9.47 Å². The van der Waals surface area contributed by atoms with E-state index in [0.29, 0.717) is 13.2 Å². The van der Waals surface area contributed by atoms with E-state index in [9.17, 15) is 5.11 Å². The lowest BCUT2D eigenvalue weighted by atomic mass is 9.81. The maximum Gasteiger partial charge on any atom is 0.173 e. The fraction of sp³-hybridized carbons (Fsp3) is 1.00. The molecule has 1 saturated heterocycles. The van der Waals surface area contributed by atoms with Crippen molar-refractivity contribution in [3.63, 3.8) is 0 Å². The lowest BCUT2D eigenvalue weighted by Gasteiger charge is -2.34. The van der Waals surface area contributed by atoms with E-state index in [1.54, 1.807) is 0 Å². The van der Waals surface area contributed by atoms with E-state index in [0.717, 1.165) is 12.8 Å². The first kappa shape index (κ1) is 9.44. The van der Waals surface area contributed by atoms with E-state index in [1.165, 1.54) is 0 Å². The fourth-order valence-corrected chi connectivity index (χ4v) is 2.64. The summed E-state index contributed by atoms with van der Waals surface area (Å²) < 4.78 is 11.3. The van der Waals surface area contributed by atoms with Gasteiger partial charge in [0.1, 0.15) is 0 Å². The molecule has 76 valence electrons. The summed E-state index contributed by atoms with van der Waals surface area (Å²) in [6.45, 7) is 5.85. The normalized spacial score (nSPS) is 35.8. The van der Waals surface area contributed by atoms with Gasteiger partial charge in [0.15, 0.2) is 5.79 Å². The average molecular weight is 186 g/mol. The van der Waals surface area contributed by atoms with E-state index in [2.05, 4.69) is 13.8 Å². The molecule has 3 nitrogen and oxygen atoms in total. The Morgan fingerprint density at radius 3 is 2.38 bits per heavy atom. The molecule has 1 aliphatic carbocycles. The van der Waals surface area contributed by atoms with E-state index in [1.807, 2.05) is 0 Å². The molecule has 1 N–H and O–H groups in total. The number of ether oxygens (including phenoxy) is 2. The third-order valence-electron chi connectivity index (χ3n) is 3.55. The second-order valence-electron chi connectivity index (χ2n) is 4.73. The summed E-state index contributed by atoms with van der Waals surface area (Å²) in [4.78, 5) is 0. The van der Waals surface area contributed by atoms with E-state index in [-0.39, 0.29) is 17.9 Å². The Hall–Kier alpha value is -0.120. The molecule has 3 heteroatoms. The Balaban J connectivity index is 2.21. The SMILES string of the molecule is CC1(C)CCC2(OCCO2)C1CO. The van der Waals surface area contributed by atoms with Gasteiger partial charge in [-0.1, -0.05) is 13.8 Å². The van der Waals surface area contributed by atoms with Crippen LogP contribution < -0.4 is 0 Å². The molecule has 1 aliphatic heterocycles. The number of rotatable bonds is 1. The molecule has 2 fully saturated rings. The molecular weight excluding hydrogens is 168 g/mol. The van der Waals surface area contributed by atoms with Gasteiger partial charge in [-0.05, 0) is 11.8 Å². The monoisotopic (exact) mass is 186 g/mol. The van der Waals surface area contributed by atoms with Crippen molar-refractivity contribution in [3.05, 3.63) is 0 Å². The Morgan fingerprint density at radius 2 is 1.85 bits per heavy atom. The van der Waals surface area contributed by atoms with Gasteiger partial charge in [-0.3, -0.25) is 0 Å². The molecule has 0 bridgehead atoms. The van der Waals surface area contributed by atoms with E-state index in [4.69, 9.17) is 9.47 Å². The number of hydrogen-bond acceptors (Lipinski definition) is 3. The van der Waals surface area contributed by atoms with Gasteiger partial charge in [0.05, 0.1) is 19.8 Å². The number of aliphatic hydroxyl groups excluding tert-OH is 1. The number of hydrogen-bond donors (Lipinski definition) is 1. The van der Waals surface area contributed by atoms with Gasteiger partial charge >= 0.3 is 0 Å². The minimum atomic E-state index is -0.460.